The molecule has 2 N–H and O–H groups in total. The first-order valence-corrected chi connectivity index (χ1v) is 6.94. The number of aryl methyl sites for hydroxylation is 1. The summed E-state index contributed by atoms with van der Waals surface area (Å²) in [4.78, 5) is 0. The maximum absolute atomic E-state index is 5.97. The normalized spacial score (nSPS) is 16.6. The molecule has 0 saturated heterocycles. The summed E-state index contributed by atoms with van der Waals surface area (Å²) in [6.07, 6.45) is 0.984. The number of benzene rings is 2. The fourth-order valence-electron chi connectivity index (χ4n) is 2.60. The van der Waals surface area contributed by atoms with E-state index in [1.54, 1.807) is 0 Å². The van der Waals surface area contributed by atoms with Crippen molar-refractivity contribution < 1.29 is 9.47 Å². The molecule has 1 atom stereocenters. The fraction of sp³-hybridized carbons (Fsp3) is 0.294. The number of hydrogen-bond donors (Lipinski definition) is 1. The van der Waals surface area contributed by atoms with Crippen molar-refractivity contribution in [3.8, 4) is 11.5 Å². The Morgan fingerprint density at radius 2 is 2.05 bits per heavy atom. The molecule has 1 aliphatic heterocycles. The second-order valence-electron chi connectivity index (χ2n) is 5.13. The van der Waals surface area contributed by atoms with E-state index >= 15 is 0 Å². The topological polar surface area (TPSA) is 44.5 Å². The van der Waals surface area contributed by atoms with Crippen molar-refractivity contribution in [2.45, 2.75) is 26.0 Å². The molecule has 20 heavy (non-hydrogen) atoms. The number of hydrogen-bond acceptors (Lipinski definition) is 3. The average Bonchev–Trinajstić information content (AvgIpc) is 2.88. The van der Waals surface area contributed by atoms with Crippen molar-refractivity contribution in [2.24, 2.45) is 5.73 Å². The van der Waals surface area contributed by atoms with Crippen LogP contribution in [-0.4, -0.2) is 12.7 Å². The molecule has 0 radical (unpaired) electrons. The second kappa shape index (κ2) is 5.55. The summed E-state index contributed by atoms with van der Waals surface area (Å²) < 4.78 is 11.9. The van der Waals surface area contributed by atoms with Crippen molar-refractivity contribution in [3.05, 3.63) is 59.2 Å². The van der Waals surface area contributed by atoms with Gasteiger partial charge in [-0.1, -0.05) is 36.4 Å². The molecule has 2 aromatic rings. The Hall–Kier alpha value is -2.00. The second-order valence-corrected chi connectivity index (χ2v) is 5.13. The van der Waals surface area contributed by atoms with E-state index in [0.29, 0.717) is 13.2 Å². The van der Waals surface area contributed by atoms with Crippen LogP contribution in [0.3, 0.4) is 0 Å². The minimum Gasteiger partial charge on any atom is -0.489 e. The van der Waals surface area contributed by atoms with Crippen molar-refractivity contribution >= 4 is 0 Å². The molecule has 0 saturated carbocycles. The minimum atomic E-state index is 0.0811. The van der Waals surface area contributed by atoms with Gasteiger partial charge in [0.2, 0.25) is 0 Å². The Bertz CT molecular complexity index is 585. The van der Waals surface area contributed by atoms with E-state index in [9.17, 15) is 0 Å². The van der Waals surface area contributed by atoms with Crippen molar-refractivity contribution in [1.29, 1.82) is 0 Å². The Labute approximate surface area is 119 Å². The van der Waals surface area contributed by atoms with Gasteiger partial charge in [0.1, 0.15) is 24.2 Å². The van der Waals surface area contributed by atoms with Crippen LogP contribution in [0, 0.1) is 6.92 Å². The summed E-state index contributed by atoms with van der Waals surface area (Å²) in [5.41, 5.74) is 9.17. The SMILES string of the molecule is Cc1cccc(CN)c1OCC1Cc2ccccc2O1. The first kappa shape index (κ1) is 13.0. The van der Waals surface area contributed by atoms with Crippen LogP contribution in [-0.2, 0) is 13.0 Å². The van der Waals surface area contributed by atoms with E-state index in [-0.39, 0.29) is 6.10 Å². The highest BCUT2D eigenvalue weighted by atomic mass is 16.5. The molecule has 104 valence electrons. The lowest BCUT2D eigenvalue weighted by Crippen LogP contribution is -2.23. The van der Waals surface area contributed by atoms with Crippen molar-refractivity contribution in [1.82, 2.24) is 0 Å². The number of fused-ring (bicyclic) bond motifs is 1. The predicted molar refractivity (Wildman–Crippen MR) is 79.1 cm³/mol. The molecular weight excluding hydrogens is 250 g/mol. The third-order valence-electron chi connectivity index (χ3n) is 3.64. The van der Waals surface area contributed by atoms with Gasteiger partial charge in [0.15, 0.2) is 0 Å². The maximum atomic E-state index is 5.97. The molecule has 1 aliphatic rings. The standard InChI is InChI=1S/C17H19NO2/c1-12-5-4-7-14(10-18)17(12)19-11-15-9-13-6-2-3-8-16(13)20-15/h2-8,15H,9-11,18H2,1H3. The van der Waals surface area contributed by atoms with Crippen LogP contribution in [0.1, 0.15) is 16.7 Å². The van der Waals surface area contributed by atoms with E-state index in [4.69, 9.17) is 15.2 Å². The summed E-state index contributed by atoms with van der Waals surface area (Å²) >= 11 is 0. The van der Waals surface area contributed by atoms with Crippen LogP contribution >= 0.6 is 0 Å². The lowest BCUT2D eigenvalue weighted by molar-refractivity contribution is 0.147. The highest BCUT2D eigenvalue weighted by molar-refractivity contribution is 5.41. The van der Waals surface area contributed by atoms with Gasteiger partial charge in [-0.05, 0) is 24.1 Å². The summed E-state index contributed by atoms with van der Waals surface area (Å²) in [6, 6.07) is 14.2. The van der Waals surface area contributed by atoms with Crippen LogP contribution in [0.4, 0.5) is 0 Å². The fourth-order valence-corrected chi connectivity index (χ4v) is 2.60. The summed E-state index contributed by atoms with van der Waals surface area (Å²) in [5, 5.41) is 0. The zero-order chi connectivity index (χ0) is 13.9. The largest absolute Gasteiger partial charge is 0.489 e. The quantitative estimate of drug-likeness (QED) is 0.928. The Kier molecular flexibility index (Phi) is 3.61. The zero-order valence-electron chi connectivity index (χ0n) is 11.6. The predicted octanol–water partition coefficient (Wildman–Crippen LogP) is 2.84. The van der Waals surface area contributed by atoms with Crippen LogP contribution in [0.15, 0.2) is 42.5 Å². The van der Waals surface area contributed by atoms with Crippen LogP contribution < -0.4 is 15.2 Å². The third-order valence-corrected chi connectivity index (χ3v) is 3.64. The molecule has 0 aliphatic carbocycles. The van der Waals surface area contributed by atoms with Gasteiger partial charge in [0, 0.05) is 18.5 Å². The average molecular weight is 269 g/mol. The molecule has 3 heteroatoms. The summed E-state index contributed by atoms with van der Waals surface area (Å²) in [5.74, 6) is 1.87. The highest BCUT2D eigenvalue weighted by Crippen LogP contribution is 2.29. The van der Waals surface area contributed by atoms with Gasteiger partial charge in [0.05, 0.1) is 0 Å². The molecular formula is C17H19NO2. The zero-order valence-corrected chi connectivity index (χ0v) is 11.6. The van der Waals surface area contributed by atoms with E-state index in [1.165, 1.54) is 5.56 Å². The number of para-hydroxylation sites is 2. The number of nitrogens with two attached hydrogens (primary N) is 1. The molecule has 0 fully saturated rings. The monoisotopic (exact) mass is 269 g/mol. The number of ether oxygens (including phenoxy) is 2. The third kappa shape index (κ3) is 2.49. The highest BCUT2D eigenvalue weighted by Gasteiger charge is 2.23. The van der Waals surface area contributed by atoms with Gasteiger partial charge in [-0.25, -0.2) is 0 Å². The first-order chi connectivity index (χ1) is 9.78. The van der Waals surface area contributed by atoms with Gasteiger partial charge >= 0.3 is 0 Å². The van der Waals surface area contributed by atoms with E-state index in [2.05, 4.69) is 6.07 Å². The Morgan fingerprint density at radius 3 is 2.85 bits per heavy atom. The van der Waals surface area contributed by atoms with E-state index in [0.717, 1.165) is 29.0 Å². The van der Waals surface area contributed by atoms with E-state index in [1.807, 2.05) is 43.3 Å². The van der Waals surface area contributed by atoms with Crippen LogP contribution in [0.2, 0.25) is 0 Å². The van der Waals surface area contributed by atoms with Crippen molar-refractivity contribution in [2.75, 3.05) is 6.61 Å². The van der Waals surface area contributed by atoms with Gasteiger partial charge in [-0.15, -0.1) is 0 Å². The molecule has 0 spiro atoms. The minimum absolute atomic E-state index is 0.0811. The molecule has 3 nitrogen and oxygen atoms in total. The van der Waals surface area contributed by atoms with Crippen LogP contribution in [0.25, 0.3) is 0 Å². The maximum Gasteiger partial charge on any atom is 0.137 e. The Balaban J connectivity index is 1.67. The lowest BCUT2D eigenvalue weighted by atomic mass is 10.1. The molecule has 3 rings (SSSR count). The number of rotatable bonds is 4. The van der Waals surface area contributed by atoms with Gasteiger partial charge in [0.25, 0.3) is 0 Å². The molecule has 0 aromatic heterocycles. The summed E-state index contributed by atoms with van der Waals surface area (Å²) in [6.45, 7) is 3.08. The van der Waals surface area contributed by atoms with Crippen LogP contribution in [0.5, 0.6) is 11.5 Å². The Morgan fingerprint density at radius 1 is 1.20 bits per heavy atom. The summed E-state index contributed by atoms with van der Waals surface area (Å²) in [7, 11) is 0. The van der Waals surface area contributed by atoms with E-state index < -0.39 is 0 Å². The smallest absolute Gasteiger partial charge is 0.137 e. The molecule has 1 unspecified atom stereocenters. The lowest BCUT2D eigenvalue weighted by Gasteiger charge is -2.16. The van der Waals surface area contributed by atoms with Gasteiger partial charge in [-0.3, -0.25) is 0 Å². The molecule has 0 bridgehead atoms. The van der Waals surface area contributed by atoms with Gasteiger partial charge < -0.3 is 15.2 Å². The molecule has 2 aromatic carbocycles. The molecule has 1 heterocycles. The van der Waals surface area contributed by atoms with Crippen molar-refractivity contribution in [3.63, 3.8) is 0 Å². The first-order valence-electron chi connectivity index (χ1n) is 6.94. The molecule has 0 amide bonds. The van der Waals surface area contributed by atoms with Gasteiger partial charge in [-0.2, -0.15) is 0 Å².